The smallest absolute Gasteiger partial charge is 0.251 e. The molecule has 0 spiro atoms. The normalized spacial score (nSPS) is 14.4. The molecule has 1 fully saturated rings. The van der Waals surface area contributed by atoms with Gasteiger partial charge in [-0.15, -0.1) is 0 Å². The number of halogens is 1. The van der Waals surface area contributed by atoms with Gasteiger partial charge in [-0.3, -0.25) is 9.59 Å². The third-order valence-corrected chi connectivity index (χ3v) is 5.34. The number of nitrogens with zero attached hydrogens (tertiary/aromatic N) is 1. The highest BCUT2D eigenvalue weighted by atomic mass is 35.5. The van der Waals surface area contributed by atoms with Gasteiger partial charge in [0, 0.05) is 29.7 Å². The van der Waals surface area contributed by atoms with E-state index in [0.29, 0.717) is 41.6 Å². The zero-order chi connectivity index (χ0) is 20.8. The summed E-state index contributed by atoms with van der Waals surface area (Å²) in [6, 6.07) is 12.4. The Morgan fingerprint density at radius 3 is 2.31 bits per heavy atom. The standard InChI is InChI=1S/C22H25ClN2O4/c1-28-19-8-3-15(13-20(19)29-2)14-21(26)25-11-9-18(10-12-25)24-22(27)16-4-6-17(23)7-5-16/h3-8,13,18H,9-12,14H2,1-2H3,(H,24,27). The Bertz CT molecular complexity index is 862. The van der Waals surface area contributed by atoms with Crippen molar-refractivity contribution in [2.75, 3.05) is 27.3 Å². The molecule has 154 valence electrons. The summed E-state index contributed by atoms with van der Waals surface area (Å²) >= 11 is 5.86. The highest BCUT2D eigenvalue weighted by Gasteiger charge is 2.24. The Morgan fingerprint density at radius 2 is 1.69 bits per heavy atom. The Hall–Kier alpha value is -2.73. The molecule has 6 nitrogen and oxygen atoms in total. The van der Waals surface area contributed by atoms with E-state index in [-0.39, 0.29) is 17.9 Å². The van der Waals surface area contributed by atoms with E-state index in [1.165, 1.54) is 0 Å². The number of carbonyl (C=O) groups excluding carboxylic acids is 2. The van der Waals surface area contributed by atoms with Gasteiger partial charge in [0.2, 0.25) is 5.91 Å². The molecule has 0 aromatic heterocycles. The largest absolute Gasteiger partial charge is 0.493 e. The fourth-order valence-corrected chi connectivity index (χ4v) is 3.55. The van der Waals surface area contributed by atoms with Crippen molar-refractivity contribution in [3.05, 3.63) is 58.6 Å². The molecule has 1 aliphatic heterocycles. The van der Waals surface area contributed by atoms with E-state index in [2.05, 4.69) is 5.32 Å². The van der Waals surface area contributed by atoms with Gasteiger partial charge in [0.25, 0.3) is 5.91 Å². The lowest BCUT2D eigenvalue weighted by Crippen LogP contribution is -2.47. The van der Waals surface area contributed by atoms with Gasteiger partial charge in [0.1, 0.15) is 0 Å². The summed E-state index contributed by atoms with van der Waals surface area (Å²) in [6.07, 6.45) is 1.77. The van der Waals surface area contributed by atoms with Crippen LogP contribution in [0.2, 0.25) is 5.02 Å². The van der Waals surface area contributed by atoms with Crippen LogP contribution in [0.1, 0.15) is 28.8 Å². The number of rotatable bonds is 6. The Balaban J connectivity index is 1.50. The van der Waals surface area contributed by atoms with E-state index in [9.17, 15) is 9.59 Å². The maximum Gasteiger partial charge on any atom is 0.251 e. The highest BCUT2D eigenvalue weighted by molar-refractivity contribution is 6.30. The first kappa shape index (κ1) is 21.0. The summed E-state index contributed by atoms with van der Waals surface area (Å²) in [5.74, 6) is 1.21. The summed E-state index contributed by atoms with van der Waals surface area (Å²) in [4.78, 5) is 26.8. The molecule has 0 bridgehead atoms. The zero-order valence-corrected chi connectivity index (χ0v) is 17.4. The van der Waals surface area contributed by atoms with Gasteiger partial charge in [0.05, 0.1) is 20.6 Å². The van der Waals surface area contributed by atoms with Crippen molar-refractivity contribution in [2.24, 2.45) is 0 Å². The van der Waals surface area contributed by atoms with E-state index in [4.69, 9.17) is 21.1 Å². The van der Waals surface area contributed by atoms with Crippen LogP contribution in [-0.2, 0) is 11.2 Å². The number of ether oxygens (including phenoxy) is 2. The maximum absolute atomic E-state index is 12.7. The average molecular weight is 417 g/mol. The monoisotopic (exact) mass is 416 g/mol. The minimum absolute atomic E-state index is 0.0586. The van der Waals surface area contributed by atoms with Gasteiger partial charge in [0.15, 0.2) is 11.5 Å². The quantitative estimate of drug-likeness (QED) is 0.784. The van der Waals surface area contributed by atoms with E-state index in [1.54, 1.807) is 44.6 Å². The molecular weight excluding hydrogens is 392 g/mol. The summed E-state index contributed by atoms with van der Waals surface area (Å²) in [6.45, 7) is 1.25. The Morgan fingerprint density at radius 1 is 1.03 bits per heavy atom. The summed E-state index contributed by atoms with van der Waals surface area (Å²) in [5.41, 5.74) is 1.46. The summed E-state index contributed by atoms with van der Waals surface area (Å²) < 4.78 is 10.5. The van der Waals surface area contributed by atoms with Crippen molar-refractivity contribution >= 4 is 23.4 Å². The fourth-order valence-electron chi connectivity index (χ4n) is 3.42. The van der Waals surface area contributed by atoms with Crippen LogP contribution in [0, 0.1) is 0 Å². The van der Waals surface area contributed by atoms with Gasteiger partial charge in [-0.05, 0) is 54.8 Å². The molecule has 3 rings (SSSR count). The lowest BCUT2D eigenvalue weighted by Gasteiger charge is -2.32. The van der Waals surface area contributed by atoms with E-state index in [0.717, 1.165) is 18.4 Å². The molecule has 0 unspecified atom stereocenters. The van der Waals surface area contributed by atoms with Crippen LogP contribution in [0.15, 0.2) is 42.5 Å². The number of nitrogens with one attached hydrogen (secondary N) is 1. The van der Waals surface area contributed by atoms with Gasteiger partial charge < -0.3 is 19.7 Å². The molecule has 1 N–H and O–H groups in total. The van der Waals surface area contributed by atoms with Crippen LogP contribution in [0.25, 0.3) is 0 Å². The second kappa shape index (κ2) is 9.65. The first-order valence-electron chi connectivity index (χ1n) is 9.55. The van der Waals surface area contributed by atoms with E-state index >= 15 is 0 Å². The van der Waals surface area contributed by atoms with Gasteiger partial charge in [-0.25, -0.2) is 0 Å². The number of benzene rings is 2. The predicted molar refractivity (Wildman–Crippen MR) is 112 cm³/mol. The molecule has 29 heavy (non-hydrogen) atoms. The molecule has 0 radical (unpaired) electrons. The second-order valence-corrected chi connectivity index (χ2v) is 7.44. The lowest BCUT2D eigenvalue weighted by molar-refractivity contribution is -0.131. The molecule has 1 aliphatic rings. The Labute approximate surface area is 175 Å². The molecule has 0 aliphatic carbocycles. The number of carbonyl (C=O) groups is 2. The molecule has 0 saturated carbocycles. The fraction of sp³-hybridized carbons (Fsp3) is 0.364. The minimum Gasteiger partial charge on any atom is -0.493 e. The van der Waals surface area contributed by atoms with Gasteiger partial charge >= 0.3 is 0 Å². The molecule has 2 amide bonds. The van der Waals surface area contributed by atoms with E-state index in [1.807, 2.05) is 17.0 Å². The maximum atomic E-state index is 12.7. The molecule has 2 aromatic rings. The molecular formula is C22H25ClN2O4. The average Bonchev–Trinajstić information content (AvgIpc) is 2.74. The number of likely N-dealkylation sites (tertiary alicyclic amines) is 1. The Kier molecular flexibility index (Phi) is 6.99. The SMILES string of the molecule is COc1ccc(CC(=O)N2CCC(NC(=O)c3ccc(Cl)cc3)CC2)cc1OC. The van der Waals surface area contributed by atoms with Crippen LogP contribution in [0.4, 0.5) is 0 Å². The molecule has 1 saturated heterocycles. The number of hydrogen-bond acceptors (Lipinski definition) is 4. The molecule has 7 heteroatoms. The summed E-state index contributed by atoms with van der Waals surface area (Å²) in [5, 5.41) is 3.64. The molecule has 2 aromatic carbocycles. The van der Waals surface area contributed by atoms with Crippen molar-refractivity contribution in [3.8, 4) is 11.5 Å². The van der Waals surface area contributed by atoms with Crippen LogP contribution in [0.3, 0.4) is 0 Å². The summed E-state index contributed by atoms with van der Waals surface area (Å²) in [7, 11) is 3.16. The van der Waals surface area contributed by atoms with Crippen molar-refractivity contribution in [1.82, 2.24) is 10.2 Å². The first-order chi connectivity index (χ1) is 14.0. The number of amides is 2. The topological polar surface area (TPSA) is 67.9 Å². The minimum atomic E-state index is -0.114. The third-order valence-electron chi connectivity index (χ3n) is 5.09. The van der Waals surface area contributed by atoms with Crippen LogP contribution < -0.4 is 14.8 Å². The van der Waals surface area contributed by atoms with Crippen molar-refractivity contribution in [1.29, 1.82) is 0 Å². The van der Waals surface area contributed by atoms with Gasteiger partial charge in [-0.1, -0.05) is 17.7 Å². The molecule has 0 atom stereocenters. The first-order valence-corrected chi connectivity index (χ1v) is 9.93. The van der Waals surface area contributed by atoms with Crippen LogP contribution >= 0.6 is 11.6 Å². The van der Waals surface area contributed by atoms with E-state index < -0.39 is 0 Å². The second-order valence-electron chi connectivity index (χ2n) is 7.00. The van der Waals surface area contributed by atoms with Crippen molar-refractivity contribution in [3.63, 3.8) is 0 Å². The zero-order valence-electron chi connectivity index (χ0n) is 16.6. The molecule has 1 heterocycles. The van der Waals surface area contributed by atoms with Gasteiger partial charge in [-0.2, -0.15) is 0 Å². The van der Waals surface area contributed by atoms with Crippen LogP contribution in [0.5, 0.6) is 11.5 Å². The number of hydrogen-bond donors (Lipinski definition) is 1. The third kappa shape index (κ3) is 5.41. The van der Waals surface area contributed by atoms with Crippen molar-refractivity contribution in [2.45, 2.75) is 25.3 Å². The lowest BCUT2D eigenvalue weighted by atomic mass is 10.0. The number of piperidine rings is 1. The highest BCUT2D eigenvalue weighted by Crippen LogP contribution is 2.28. The van der Waals surface area contributed by atoms with Crippen molar-refractivity contribution < 1.29 is 19.1 Å². The number of methoxy groups -OCH3 is 2. The van der Waals surface area contributed by atoms with Crippen LogP contribution in [-0.4, -0.2) is 50.1 Å². The predicted octanol–water partition coefficient (Wildman–Crippen LogP) is 3.32.